The van der Waals surface area contributed by atoms with Gasteiger partial charge in [0.15, 0.2) is 11.5 Å². The Balaban J connectivity index is 2.08. The van der Waals surface area contributed by atoms with Crippen LogP contribution in [0.3, 0.4) is 0 Å². The molecule has 0 aliphatic carbocycles. The molecule has 4 nitrogen and oxygen atoms in total. The molecule has 0 saturated carbocycles. The molecule has 136 valence electrons. The highest BCUT2D eigenvalue weighted by Gasteiger charge is 2.27. The van der Waals surface area contributed by atoms with E-state index >= 15 is 0 Å². The lowest BCUT2D eigenvalue weighted by molar-refractivity contribution is 0.0270. The number of likely N-dealkylation sites (tertiary alicyclic amines) is 1. The normalized spacial score (nSPS) is 21.9. The van der Waals surface area contributed by atoms with E-state index in [0.29, 0.717) is 6.61 Å². The zero-order valence-electron chi connectivity index (χ0n) is 15.6. The Labute approximate surface area is 146 Å². The third-order valence-corrected chi connectivity index (χ3v) is 4.49. The van der Waals surface area contributed by atoms with Gasteiger partial charge in [0.25, 0.3) is 0 Å². The van der Waals surface area contributed by atoms with Gasteiger partial charge in [0.1, 0.15) is 0 Å². The third kappa shape index (κ3) is 5.38. The fourth-order valence-corrected chi connectivity index (χ4v) is 3.42. The quantitative estimate of drug-likeness (QED) is 0.789. The van der Waals surface area contributed by atoms with E-state index in [1.54, 1.807) is 0 Å². The van der Waals surface area contributed by atoms with Crippen LogP contribution in [-0.2, 0) is 6.42 Å². The summed E-state index contributed by atoms with van der Waals surface area (Å²) in [5.41, 5.74) is 1.21. The van der Waals surface area contributed by atoms with Crippen LogP contribution < -0.4 is 9.47 Å². The predicted octanol–water partition coefficient (Wildman–Crippen LogP) is 3.51. The third-order valence-electron chi connectivity index (χ3n) is 4.49. The molecule has 0 radical (unpaired) electrons. The molecule has 0 amide bonds. The van der Waals surface area contributed by atoms with Crippen LogP contribution in [0, 0.1) is 5.92 Å². The molecular weight excluding hydrogens is 302 g/mol. The molecule has 2 unspecified atom stereocenters. The van der Waals surface area contributed by atoms with Crippen molar-refractivity contribution in [1.82, 2.24) is 4.90 Å². The molecule has 1 aliphatic heterocycles. The summed E-state index contributed by atoms with van der Waals surface area (Å²) in [6.07, 6.45) is 2.83. The Morgan fingerprint density at radius 1 is 1.25 bits per heavy atom. The summed E-state index contributed by atoms with van der Waals surface area (Å²) in [7, 11) is 0. The highest BCUT2D eigenvalue weighted by molar-refractivity contribution is 5.43. The fraction of sp³-hybridized carbons (Fsp3) is 0.700. The van der Waals surface area contributed by atoms with E-state index in [-0.39, 0.29) is 18.1 Å². The molecule has 0 spiro atoms. The topological polar surface area (TPSA) is 41.9 Å². The number of aliphatic hydroxyl groups is 1. The summed E-state index contributed by atoms with van der Waals surface area (Å²) in [5.74, 6) is 1.89. The SMILES string of the molecule is CCCN1CCC(O)C(Cc2ccc(OC(C)C)c(OCC)c2)C1. The van der Waals surface area contributed by atoms with Crippen molar-refractivity contribution in [1.29, 1.82) is 0 Å². The van der Waals surface area contributed by atoms with Crippen LogP contribution >= 0.6 is 0 Å². The molecule has 1 N–H and O–H groups in total. The molecule has 1 aromatic rings. The Morgan fingerprint density at radius 3 is 2.71 bits per heavy atom. The molecule has 1 fully saturated rings. The smallest absolute Gasteiger partial charge is 0.161 e. The van der Waals surface area contributed by atoms with Gasteiger partial charge >= 0.3 is 0 Å². The fourth-order valence-electron chi connectivity index (χ4n) is 3.42. The first-order chi connectivity index (χ1) is 11.5. The van der Waals surface area contributed by atoms with Gasteiger partial charge in [0.05, 0.1) is 18.8 Å². The van der Waals surface area contributed by atoms with Gasteiger partial charge in [-0.05, 0) is 64.3 Å². The highest BCUT2D eigenvalue weighted by atomic mass is 16.5. The second-order valence-corrected chi connectivity index (χ2v) is 7.00. The van der Waals surface area contributed by atoms with Crippen LogP contribution in [0.4, 0.5) is 0 Å². The summed E-state index contributed by atoms with van der Waals surface area (Å²) >= 11 is 0. The largest absolute Gasteiger partial charge is 0.490 e. The lowest BCUT2D eigenvalue weighted by Gasteiger charge is -2.36. The molecule has 2 atom stereocenters. The molecule has 1 aliphatic rings. The van der Waals surface area contributed by atoms with Crippen molar-refractivity contribution >= 4 is 0 Å². The van der Waals surface area contributed by atoms with Crippen LogP contribution in [0.15, 0.2) is 18.2 Å². The minimum atomic E-state index is -0.208. The summed E-state index contributed by atoms with van der Waals surface area (Å²) in [4.78, 5) is 2.47. The maximum absolute atomic E-state index is 10.4. The van der Waals surface area contributed by atoms with E-state index in [1.807, 2.05) is 26.8 Å². The van der Waals surface area contributed by atoms with Crippen molar-refractivity contribution in [2.45, 2.75) is 59.2 Å². The number of rotatable bonds is 8. The highest BCUT2D eigenvalue weighted by Crippen LogP contribution is 2.31. The van der Waals surface area contributed by atoms with Gasteiger partial charge in [0.2, 0.25) is 0 Å². The minimum Gasteiger partial charge on any atom is -0.490 e. The maximum atomic E-state index is 10.4. The van der Waals surface area contributed by atoms with Crippen molar-refractivity contribution in [3.05, 3.63) is 23.8 Å². The monoisotopic (exact) mass is 335 g/mol. The van der Waals surface area contributed by atoms with E-state index in [2.05, 4.69) is 24.0 Å². The first kappa shape index (κ1) is 19.1. The molecule has 1 heterocycles. The zero-order chi connectivity index (χ0) is 17.5. The number of nitrogens with zero attached hydrogens (tertiary/aromatic N) is 1. The van der Waals surface area contributed by atoms with E-state index in [9.17, 15) is 5.11 Å². The summed E-state index contributed by atoms with van der Waals surface area (Å²) < 4.78 is 11.6. The first-order valence-corrected chi connectivity index (χ1v) is 9.36. The first-order valence-electron chi connectivity index (χ1n) is 9.36. The van der Waals surface area contributed by atoms with Crippen molar-refractivity contribution < 1.29 is 14.6 Å². The van der Waals surface area contributed by atoms with E-state index in [1.165, 1.54) is 12.0 Å². The molecule has 24 heavy (non-hydrogen) atoms. The number of ether oxygens (including phenoxy) is 2. The van der Waals surface area contributed by atoms with Gasteiger partial charge in [-0.2, -0.15) is 0 Å². The maximum Gasteiger partial charge on any atom is 0.161 e. The van der Waals surface area contributed by atoms with Crippen LogP contribution in [0.5, 0.6) is 11.5 Å². The van der Waals surface area contributed by atoms with Gasteiger partial charge in [-0.1, -0.05) is 13.0 Å². The van der Waals surface area contributed by atoms with Gasteiger partial charge < -0.3 is 19.5 Å². The van der Waals surface area contributed by atoms with Crippen LogP contribution in [0.2, 0.25) is 0 Å². The number of hydrogen-bond acceptors (Lipinski definition) is 4. The molecular formula is C20H33NO3. The van der Waals surface area contributed by atoms with Crippen molar-refractivity contribution in [2.75, 3.05) is 26.2 Å². The van der Waals surface area contributed by atoms with Gasteiger partial charge in [-0.25, -0.2) is 0 Å². The summed E-state index contributed by atoms with van der Waals surface area (Å²) in [6.45, 7) is 12.0. The van der Waals surface area contributed by atoms with Crippen LogP contribution in [0.1, 0.15) is 46.1 Å². The second kappa shape index (κ2) is 9.28. The van der Waals surface area contributed by atoms with Crippen LogP contribution in [-0.4, -0.2) is 48.5 Å². The molecule has 1 aromatic carbocycles. The molecule has 0 bridgehead atoms. The predicted molar refractivity (Wildman–Crippen MR) is 97.9 cm³/mol. The van der Waals surface area contributed by atoms with E-state index in [4.69, 9.17) is 9.47 Å². The second-order valence-electron chi connectivity index (χ2n) is 7.00. The molecule has 1 saturated heterocycles. The zero-order valence-corrected chi connectivity index (χ0v) is 15.6. The summed E-state index contributed by atoms with van der Waals surface area (Å²) in [5, 5.41) is 10.4. The van der Waals surface area contributed by atoms with Gasteiger partial charge in [0, 0.05) is 19.0 Å². The number of aliphatic hydroxyl groups excluding tert-OH is 1. The van der Waals surface area contributed by atoms with Gasteiger partial charge in [-0.3, -0.25) is 0 Å². The van der Waals surface area contributed by atoms with Crippen molar-refractivity contribution in [2.24, 2.45) is 5.92 Å². The average Bonchev–Trinajstić information content (AvgIpc) is 2.53. The molecule has 4 heteroatoms. The molecule has 0 aromatic heterocycles. The Kier molecular flexibility index (Phi) is 7.38. The number of benzene rings is 1. The lowest BCUT2D eigenvalue weighted by atomic mass is 9.88. The number of piperidine rings is 1. The Hall–Kier alpha value is -1.26. The van der Waals surface area contributed by atoms with Crippen molar-refractivity contribution in [3.63, 3.8) is 0 Å². The Morgan fingerprint density at radius 2 is 2.04 bits per heavy atom. The van der Waals surface area contributed by atoms with Gasteiger partial charge in [-0.15, -0.1) is 0 Å². The Bertz CT molecular complexity index is 504. The van der Waals surface area contributed by atoms with Crippen molar-refractivity contribution in [3.8, 4) is 11.5 Å². The number of hydrogen-bond donors (Lipinski definition) is 1. The lowest BCUT2D eigenvalue weighted by Crippen LogP contribution is -2.44. The standard InChI is InChI=1S/C20H33NO3/c1-5-10-21-11-9-18(22)17(14-21)12-16-7-8-19(24-15(3)4)20(13-16)23-6-2/h7-8,13,15,17-18,22H,5-6,9-12,14H2,1-4H3. The molecule has 2 rings (SSSR count). The van der Waals surface area contributed by atoms with Crippen LogP contribution in [0.25, 0.3) is 0 Å². The van der Waals surface area contributed by atoms with E-state index < -0.39 is 0 Å². The average molecular weight is 335 g/mol. The van der Waals surface area contributed by atoms with E-state index in [0.717, 1.165) is 44.0 Å². The minimum absolute atomic E-state index is 0.123. The summed E-state index contributed by atoms with van der Waals surface area (Å²) in [6, 6.07) is 6.18.